The zero-order valence-corrected chi connectivity index (χ0v) is 11.6. The van der Waals surface area contributed by atoms with Gasteiger partial charge in [0.05, 0.1) is 0 Å². The first-order valence-corrected chi connectivity index (χ1v) is 6.54. The Labute approximate surface area is 108 Å². The highest BCUT2D eigenvalue weighted by Gasteiger charge is 2.18. The molecule has 1 aromatic rings. The minimum Gasteiger partial charge on any atom is -0.314 e. The summed E-state index contributed by atoms with van der Waals surface area (Å²) in [4.78, 5) is 0. The highest BCUT2D eigenvalue weighted by Crippen LogP contribution is 2.30. The first kappa shape index (κ1) is 13.8. The van der Waals surface area contributed by atoms with Crippen LogP contribution in [0.5, 0.6) is 0 Å². The molecule has 1 aromatic carbocycles. The maximum atomic E-state index is 6.21. The fourth-order valence-electron chi connectivity index (χ4n) is 2.02. The highest BCUT2D eigenvalue weighted by atomic mass is 35.5. The molecule has 0 amide bonds. The van der Waals surface area contributed by atoms with Crippen LogP contribution in [0.3, 0.4) is 0 Å². The molecule has 0 aromatic heterocycles. The molecule has 0 aliphatic heterocycles. The average Bonchev–Trinajstić information content (AvgIpc) is 2.28. The molecule has 0 heterocycles. The van der Waals surface area contributed by atoms with Crippen molar-refractivity contribution in [2.24, 2.45) is 0 Å². The molecule has 0 spiro atoms. The van der Waals surface area contributed by atoms with Crippen molar-refractivity contribution >= 4 is 23.2 Å². The number of benzene rings is 1. The van der Waals surface area contributed by atoms with E-state index in [1.165, 1.54) is 0 Å². The molecule has 90 valence electrons. The van der Waals surface area contributed by atoms with Crippen molar-refractivity contribution in [3.05, 3.63) is 33.8 Å². The minimum absolute atomic E-state index is 0.371. The molecule has 0 aliphatic carbocycles. The second-order valence-electron chi connectivity index (χ2n) is 4.03. The zero-order chi connectivity index (χ0) is 12.1. The highest BCUT2D eigenvalue weighted by molar-refractivity contribution is 6.33. The predicted molar refractivity (Wildman–Crippen MR) is 72.6 cm³/mol. The van der Waals surface area contributed by atoms with E-state index in [-0.39, 0.29) is 0 Å². The lowest BCUT2D eigenvalue weighted by Gasteiger charge is -2.24. The first-order chi connectivity index (χ1) is 7.60. The second kappa shape index (κ2) is 6.48. The Bertz CT molecular complexity index is 339. The van der Waals surface area contributed by atoms with Crippen LogP contribution in [0.1, 0.15) is 38.7 Å². The number of halogens is 2. The van der Waals surface area contributed by atoms with Crippen LogP contribution in [0.2, 0.25) is 10.0 Å². The topological polar surface area (TPSA) is 12.0 Å². The van der Waals surface area contributed by atoms with Crippen LogP contribution in [0.15, 0.2) is 18.2 Å². The molecule has 0 fully saturated rings. The third kappa shape index (κ3) is 3.38. The van der Waals surface area contributed by atoms with Crippen LogP contribution in [-0.4, -0.2) is 12.6 Å². The van der Waals surface area contributed by atoms with Crippen molar-refractivity contribution in [2.75, 3.05) is 6.54 Å². The van der Waals surface area contributed by atoms with Gasteiger partial charge >= 0.3 is 0 Å². The number of likely N-dealkylation sites (N-methyl/N-ethyl adjacent to an activating group) is 1. The largest absolute Gasteiger partial charge is 0.314 e. The standard InChI is InChI=1S/C13H19Cl2N/c1-4-13(16-5-2)9(3)11-8-10(14)6-7-12(11)15/h6-9,13,16H,4-5H2,1-3H3. The molecular weight excluding hydrogens is 241 g/mol. The minimum atomic E-state index is 0.371. The summed E-state index contributed by atoms with van der Waals surface area (Å²) in [6.45, 7) is 7.46. The number of rotatable bonds is 5. The van der Waals surface area contributed by atoms with Crippen LogP contribution in [0.25, 0.3) is 0 Å². The van der Waals surface area contributed by atoms with Gasteiger partial charge in [-0.05, 0) is 42.6 Å². The molecule has 0 saturated carbocycles. The van der Waals surface area contributed by atoms with Gasteiger partial charge in [0.15, 0.2) is 0 Å². The summed E-state index contributed by atoms with van der Waals surface area (Å²) in [7, 11) is 0. The number of hydrogen-bond acceptors (Lipinski definition) is 1. The van der Waals surface area contributed by atoms with Gasteiger partial charge in [0, 0.05) is 16.1 Å². The number of hydrogen-bond donors (Lipinski definition) is 1. The third-order valence-corrected chi connectivity index (χ3v) is 3.54. The summed E-state index contributed by atoms with van der Waals surface area (Å²) in [5, 5.41) is 5.02. The fourth-order valence-corrected chi connectivity index (χ4v) is 2.49. The summed E-state index contributed by atoms with van der Waals surface area (Å²) < 4.78 is 0. The molecule has 3 heteroatoms. The van der Waals surface area contributed by atoms with E-state index in [9.17, 15) is 0 Å². The van der Waals surface area contributed by atoms with Crippen LogP contribution < -0.4 is 5.32 Å². The molecule has 1 N–H and O–H groups in total. The lowest BCUT2D eigenvalue weighted by molar-refractivity contribution is 0.449. The van der Waals surface area contributed by atoms with Crippen LogP contribution in [-0.2, 0) is 0 Å². The first-order valence-electron chi connectivity index (χ1n) is 5.78. The Morgan fingerprint density at radius 3 is 2.50 bits per heavy atom. The fraction of sp³-hybridized carbons (Fsp3) is 0.538. The monoisotopic (exact) mass is 259 g/mol. The summed E-state index contributed by atoms with van der Waals surface area (Å²) in [5.41, 5.74) is 1.13. The van der Waals surface area contributed by atoms with Crippen LogP contribution >= 0.6 is 23.2 Å². The molecule has 2 unspecified atom stereocenters. The Morgan fingerprint density at radius 1 is 1.25 bits per heavy atom. The van der Waals surface area contributed by atoms with Gasteiger partial charge in [-0.3, -0.25) is 0 Å². The maximum Gasteiger partial charge on any atom is 0.0442 e. The third-order valence-electron chi connectivity index (χ3n) is 2.96. The van der Waals surface area contributed by atoms with E-state index < -0.39 is 0 Å². The van der Waals surface area contributed by atoms with Gasteiger partial charge in [0.2, 0.25) is 0 Å². The summed E-state index contributed by atoms with van der Waals surface area (Å²) in [6.07, 6.45) is 1.08. The second-order valence-corrected chi connectivity index (χ2v) is 4.87. The van der Waals surface area contributed by atoms with E-state index >= 15 is 0 Å². The van der Waals surface area contributed by atoms with Gasteiger partial charge in [0.1, 0.15) is 0 Å². The Kier molecular flexibility index (Phi) is 5.60. The molecule has 2 atom stereocenters. The predicted octanol–water partition coefficient (Wildman–Crippen LogP) is 4.49. The van der Waals surface area contributed by atoms with E-state index in [1.807, 2.05) is 18.2 Å². The van der Waals surface area contributed by atoms with E-state index in [2.05, 4.69) is 26.1 Å². The van der Waals surface area contributed by atoms with Gasteiger partial charge in [-0.1, -0.05) is 44.0 Å². The summed E-state index contributed by atoms with van der Waals surface area (Å²) in [5.74, 6) is 0.371. The molecular formula is C13H19Cl2N. The van der Waals surface area contributed by atoms with Crippen molar-refractivity contribution in [1.29, 1.82) is 0 Å². The summed E-state index contributed by atoms with van der Waals surface area (Å²) >= 11 is 12.2. The van der Waals surface area contributed by atoms with Crippen LogP contribution in [0, 0.1) is 0 Å². The molecule has 1 rings (SSSR count). The van der Waals surface area contributed by atoms with E-state index in [0.717, 1.165) is 28.6 Å². The van der Waals surface area contributed by atoms with Gasteiger partial charge in [0.25, 0.3) is 0 Å². The van der Waals surface area contributed by atoms with Crippen molar-refractivity contribution in [2.45, 2.75) is 39.2 Å². The van der Waals surface area contributed by atoms with Crippen molar-refractivity contribution in [3.63, 3.8) is 0 Å². The van der Waals surface area contributed by atoms with E-state index in [0.29, 0.717) is 12.0 Å². The lowest BCUT2D eigenvalue weighted by Crippen LogP contribution is -2.33. The van der Waals surface area contributed by atoms with E-state index in [4.69, 9.17) is 23.2 Å². The molecule has 0 saturated heterocycles. The Balaban J connectivity index is 2.93. The SMILES string of the molecule is CCNC(CC)C(C)c1cc(Cl)ccc1Cl. The maximum absolute atomic E-state index is 6.21. The van der Waals surface area contributed by atoms with Crippen LogP contribution in [0.4, 0.5) is 0 Å². The lowest BCUT2D eigenvalue weighted by atomic mass is 9.91. The van der Waals surface area contributed by atoms with Gasteiger partial charge < -0.3 is 5.32 Å². The quantitative estimate of drug-likeness (QED) is 0.822. The Hall–Kier alpha value is -0.240. The molecule has 16 heavy (non-hydrogen) atoms. The zero-order valence-electron chi connectivity index (χ0n) is 10.1. The van der Waals surface area contributed by atoms with Gasteiger partial charge in [-0.2, -0.15) is 0 Å². The molecule has 0 radical (unpaired) electrons. The summed E-state index contributed by atoms with van der Waals surface area (Å²) in [6, 6.07) is 6.11. The Morgan fingerprint density at radius 2 is 1.94 bits per heavy atom. The van der Waals surface area contributed by atoms with Crippen molar-refractivity contribution in [1.82, 2.24) is 5.32 Å². The molecule has 0 aliphatic rings. The normalized spacial score (nSPS) is 14.8. The van der Waals surface area contributed by atoms with E-state index in [1.54, 1.807) is 0 Å². The molecule has 1 nitrogen and oxygen atoms in total. The number of nitrogens with one attached hydrogen (secondary N) is 1. The van der Waals surface area contributed by atoms with Crippen molar-refractivity contribution < 1.29 is 0 Å². The van der Waals surface area contributed by atoms with Gasteiger partial charge in [-0.15, -0.1) is 0 Å². The average molecular weight is 260 g/mol. The van der Waals surface area contributed by atoms with Gasteiger partial charge in [-0.25, -0.2) is 0 Å². The smallest absolute Gasteiger partial charge is 0.0442 e. The van der Waals surface area contributed by atoms with Crippen molar-refractivity contribution in [3.8, 4) is 0 Å². The molecule has 0 bridgehead atoms.